The summed E-state index contributed by atoms with van der Waals surface area (Å²) in [5.74, 6) is 0. The van der Waals surface area contributed by atoms with Crippen molar-refractivity contribution in [2.24, 2.45) is 0 Å². The zero-order valence-electron chi connectivity index (χ0n) is 12.5. The molecule has 18 heavy (non-hydrogen) atoms. The van der Waals surface area contributed by atoms with Crippen LogP contribution in [0.5, 0.6) is 0 Å². The Labute approximate surface area is 114 Å². The van der Waals surface area contributed by atoms with Gasteiger partial charge in [0.25, 0.3) is 0 Å². The van der Waals surface area contributed by atoms with Crippen LogP contribution in [-0.2, 0) is 8.85 Å². The first-order chi connectivity index (χ1) is 8.79. The van der Waals surface area contributed by atoms with Crippen LogP contribution < -0.4 is 0 Å². The molecule has 0 aromatic carbocycles. The largest absolute Gasteiger partial charge is 0.427 e. The van der Waals surface area contributed by atoms with Crippen LogP contribution in [-0.4, -0.2) is 40.1 Å². The Morgan fingerprint density at radius 2 is 1.78 bits per heavy atom. The Morgan fingerprint density at radius 3 is 2.44 bits per heavy atom. The smallest absolute Gasteiger partial charge is 0.386 e. The molecule has 0 aliphatic carbocycles. The van der Waals surface area contributed by atoms with Gasteiger partial charge in [-0.3, -0.25) is 4.57 Å². The van der Waals surface area contributed by atoms with Gasteiger partial charge in [0.2, 0.25) is 0 Å². The second kappa shape index (κ2) is 9.07. The summed E-state index contributed by atoms with van der Waals surface area (Å²) >= 11 is 0. The average Bonchev–Trinajstić information content (AvgIpc) is 2.78. The van der Waals surface area contributed by atoms with E-state index in [0.717, 1.165) is 12.7 Å². The highest BCUT2D eigenvalue weighted by Gasteiger charge is 2.47. The minimum Gasteiger partial charge on any atom is -0.386 e. The highest BCUT2D eigenvalue weighted by Crippen LogP contribution is 2.28. The average molecular weight is 273 g/mol. The van der Waals surface area contributed by atoms with Crippen molar-refractivity contribution in [1.29, 1.82) is 0 Å². The molecule has 1 fully saturated rings. The number of unbranched alkanes of at least 4 members (excludes halogenated alkanes) is 5. The highest BCUT2D eigenvalue weighted by molar-refractivity contribution is 6.65. The summed E-state index contributed by atoms with van der Waals surface area (Å²) in [7, 11) is -0.143. The van der Waals surface area contributed by atoms with Crippen LogP contribution in [0.25, 0.3) is 0 Å². The number of nitrogens with zero attached hydrogens (tertiary/aromatic N) is 1. The lowest BCUT2D eigenvalue weighted by Gasteiger charge is -2.33. The molecule has 4 heteroatoms. The van der Waals surface area contributed by atoms with Crippen molar-refractivity contribution in [2.75, 3.05) is 26.8 Å². The molecule has 0 aromatic heterocycles. The molecular formula is C14H31NO2Si. The quantitative estimate of drug-likeness (QED) is 0.448. The van der Waals surface area contributed by atoms with E-state index in [9.17, 15) is 0 Å². The predicted molar refractivity (Wildman–Crippen MR) is 78.8 cm³/mol. The third-order valence-electron chi connectivity index (χ3n) is 3.87. The minimum absolute atomic E-state index is 0.785. The first-order valence-corrected chi connectivity index (χ1v) is 9.70. The Hall–Kier alpha value is 0.0969. The minimum atomic E-state index is -1.98. The fourth-order valence-corrected chi connectivity index (χ4v) is 6.14. The number of hydrogen-bond acceptors (Lipinski definition) is 3. The molecule has 0 radical (unpaired) electrons. The van der Waals surface area contributed by atoms with Crippen LogP contribution in [0.2, 0.25) is 6.04 Å². The van der Waals surface area contributed by atoms with Crippen LogP contribution in [0.15, 0.2) is 0 Å². The van der Waals surface area contributed by atoms with Gasteiger partial charge in [0.05, 0.1) is 0 Å². The molecule has 1 atom stereocenters. The standard InChI is InChI=1S/C14H31NO2Si/c1-4-6-7-8-9-10-12-15-13-11-14-18(15,16-3)17-5-2/h4-14H2,1-3H3. The van der Waals surface area contributed by atoms with Crippen LogP contribution in [0.1, 0.15) is 58.8 Å². The molecular weight excluding hydrogens is 242 g/mol. The maximum atomic E-state index is 5.99. The summed E-state index contributed by atoms with van der Waals surface area (Å²) in [6, 6.07) is 1.15. The Balaban J connectivity index is 2.23. The van der Waals surface area contributed by atoms with Crippen molar-refractivity contribution >= 4 is 8.72 Å². The van der Waals surface area contributed by atoms with Gasteiger partial charge in [0, 0.05) is 19.8 Å². The van der Waals surface area contributed by atoms with E-state index >= 15 is 0 Å². The number of hydrogen-bond donors (Lipinski definition) is 0. The fourth-order valence-electron chi connectivity index (χ4n) is 2.87. The van der Waals surface area contributed by atoms with E-state index in [2.05, 4.69) is 18.4 Å². The molecule has 1 saturated heterocycles. The molecule has 0 saturated carbocycles. The van der Waals surface area contributed by atoms with Crippen molar-refractivity contribution in [2.45, 2.75) is 64.8 Å². The van der Waals surface area contributed by atoms with Gasteiger partial charge < -0.3 is 8.85 Å². The van der Waals surface area contributed by atoms with E-state index in [1.165, 1.54) is 58.0 Å². The molecule has 0 spiro atoms. The van der Waals surface area contributed by atoms with Crippen molar-refractivity contribution in [1.82, 2.24) is 4.57 Å². The van der Waals surface area contributed by atoms with Gasteiger partial charge >= 0.3 is 8.72 Å². The van der Waals surface area contributed by atoms with E-state index in [0.29, 0.717) is 0 Å². The molecule has 1 aliphatic rings. The van der Waals surface area contributed by atoms with Crippen molar-refractivity contribution in [3.8, 4) is 0 Å². The van der Waals surface area contributed by atoms with Gasteiger partial charge in [-0.1, -0.05) is 39.0 Å². The van der Waals surface area contributed by atoms with Gasteiger partial charge in [0.1, 0.15) is 0 Å². The molecule has 0 N–H and O–H groups in total. The normalized spacial score (nSPS) is 24.8. The summed E-state index contributed by atoms with van der Waals surface area (Å²) in [5.41, 5.74) is 0. The number of rotatable bonds is 10. The molecule has 1 heterocycles. The first kappa shape index (κ1) is 16.2. The second-order valence-corrected chi connectivity index (χ2v) is 8.46. The zero-order chi connectivity index (χ0) is 13.3. The van der Waals surface area contributed by atoms with Gasteiger partial charge in [0.15, 0.2) is 0 Å². The van der Waals surface area contributed by atoms with Crippen LogP contribution >= 0.6 is 0 Å². The van der Waals surface area contributed by atoms with E-state index in [4.69, 9.17) is 8.85 Å². The summed E-state index contributed by atoms with van der Waals surface area (Å²) in [4.78, 5) is 0. The van der Waals surface area contributed by atoms with E-state index in [1.54, 1.807) is 0 Å². The zero-order valence-corrected chi connectivity index (χ0v) is 13.5. The van der Waals surface area contributed by atoms with Crippen molar-refractivity contribution < 1.29 is 8.85 Å². The molecule has 3 nitrogen and oxygen atoms in total. The second-order valence-electron chi connectivity index (χ2n) is 5.21. The van der Waals surface area contributed by atoms with E-state index in [1.807, 2.05) is 7.11 Å². The van der Waals surface area contributed by atoms with E-state index in [-0.39, 0.29) is 0 Å². The van der Waals surface area contributed by atoms with Gasteiger partial charge in [-0.15, -0.1) is 0 Å². The van der Waals surface area contributed by atoms with Crippen LogP contribution in [0, 0.1) is 0 Å². The van der Waals surface area contributed by atoms with Crippen molar-refractivity contribution in [3.63, 3.8) is 0 Å². The molecule has 0 bridgehead atoms. The van der Waals surface area contributed by atoms with Gasteiger partial charge in [-0.2, -0.15) is 0 Å². The fraction of sp³-hybridized carbons (Fsp3) is 1.00. The molecule has 108 valence electrons. The van der Waals surface area contributed by atoms with Crippen LogP contribution in [0.3, 0.4) is 0 Å². The first-order valence-electron chi connectivity index (χ1n) is 7.73. The molecule has 1 aliphatic heterocycles. The Bertz CT molecular complexity index is 216. The van der Waals surface area contributed by atoms with Gasteiger partial charge in [-0.25, -0.2) is 0 Å². The summed E-state index contributed by atoms with van der Waals surface area (Å²) in [6.07, 6.45) is 9.41. The van der Waals surface area contributed by atoms with Crippen molar-refractivity contribution in [3.05, 3.63) is 0 Å². The summed E-state index contributed by atoms with van der Waals surface area (Å²) in [6.45, 7) is 7.48. The lowest BCUT2D eigenvalue weighted by molar-refractivity contribution is 0.156. The SMILES string of the molecule is CCCCCCCCN1CCC[Si]1(OC)OCC. The van der Waals surface area contributed by atoms with E-state index < -0.39 is 8.72 Å². The summed E-state index contributed by atoms with van der Waals surface area (Å²) in [5, 5.41) is 0. The molecule has 0 amide bonds. The lowest BCUT2D eigenvalue weighted by Crippen LogP contribution is -2.54. The molecule has 1 rings (SSSR count). The van der Waals surface area contributed by atoms with Gasteiger partial charge in [-0.05, 0) is 32.9 Å². The highest BCUT2D eigenvalue weighted by atomic mass is 28.4. The third kappa shape index (κ3) is 4.65. The third-order valence-corrected chi connectivity index (χ3v) is 7.65. The molecule has 1 unspecified atom stereocenters. The van der Waals surface area contributed by atoms with Crippen LogP contribution in [0.4, 0.5) is 0 Å². The monoisotopic (exact) mass is 273 g/mol. The predicted octanol–water partition coefficient (Wildman–Crippen LogP) is 3.67. The molecule has 0 aromatic rings. The topological polar surface area (TPSA) is 21.7 Å². The Morgan fingerprint density at radius 1 is 1.06 bits per heavy atom. The lowest BCUT2D eigenvalue weighted by atomic mass is 10.1. The maximum Gasteiger partial charge on any atom is 0.427 e. The Kier molecular flexibility index (Phi) is 8.14. The maximum absolute atomic E-state index is 5.99. The summed E-state index contributed by atoms with van der Waals surface area (Å²) < 4.78 is 14.3.